The Kier molecular flexibility index (Phi) is 3.37. The molecule has 0 bridgehead atoms. The van der Waals surface area contributed by atoms with E-state index >= 15 is 0 Å². The van der Waals surface area contributed by atoms with Gasteiger partial charge in [0.15, 0.2) is 5.82 Å². The van der Waals surface area contributed by atoms with E-state index < -0.39 is 0 Å². The molecule has 3 rings (SSSR count). The smallest absolute Gasteiger partial charge is 0.229 e. The van der Waals surface area contributed by atoms with Crippen LogP contribution in [0, 0.1) is 6.92 Å². The van der Waals surface area contributed by atoms with Crippen LogP contribution in [0.4, 0.5) is 5.95 Å². The molecule has 1 aromatic heterocycles. The van der Waals surface area contributed by atoms with E-state index in [0.717, 1.165) is 43.6 Å². The van der Waals surface area contributed by atoms with Crippen molar-refractivity contribution in [3.05, 3.63) is 36.2 Å². The zero-order valence-electron chi connectivity index (χ0n) is 10.9. The molecule has 19 heavy (non-hydrogen) atoms. The van der Waals surface area contributed by atoms with E-state index in [9.17, 15) is 0 Å². The summed E-state index contributed by atoms with van der Waals surface area (Å²) in [5.74, 6) is 1.45. The molecule has 1 aromatic carbocycles. The van der Waals surface area contributed by atoms with Crippen molar-refractivity contribution >= 4 is 5.95 Å². The van der Waals surface area contributed by atoms with Crippen molar-refractivity contribution in [3.63, 3.8) is 0 Å². The SMILES string of the molecule is Cc1ccc(-c2ncnc(N3CCOCC3)n2)cc1. The van der Waals surface area contributed by atoms with Crippen molar-refractivity contribution in [2.24, 2.45) is 0 Å². The van der Waals surface area contributed by atoms with Gasteiger partial charge in [-0.2, -0.15) is 4.98 Å². The average molecular weight is 256 g/mol. The van der Waals surface area contributed by atoms with Crippen LogP contribution in [0.2, 0.25) is 0 Å². The minimum absolute atomic E-state index is 0.719. The molecule has 0 N–H and O–H groups in total. The highest BCUT2D eigenvalue weighted by molar-refractivity contribution is 5.56. The van der Waals surface area contributed by atoms with Crippen LogP contribution in [0.15, 0.2) is 30.6 Å². The molecule has 0 aliphatic carbocycles. The van der Waals surface area contributed by atoms with Crippen LogP contribution in [0.25, 0.3) is 11.4 Å². The number of rotatable bonds is 2. The fraction of sp³-hybridized carbons (Fsp3) is 0.357. The van der Waals surface area contributed by atoms with Crippen molar-refractivity contribution in [2.75, 3.05) is 31.2 Å². The molecular formula is C14H16N4O. The summed E-state index contributed by atoms with van der Waals surface area (Å²) >= 11 is 0. The third-order valence-corrected chi connectivity index (χ3v) is 3.16. The molecule has 0 saturated carbocycles. The predicted molar refractivity (Wildman–Crippen MR) is 73.0 cm³/mol. The van der Waals surface area contributed by atoms with E-state index in [0.29, 0.717) is 0 Å². The highest BCUT2D eigenvalue weighted by atomic mass is 16.5. The molecule has 0 radical (unpaired) electrons. The summed E-state index contributed by atoms with van der Waals surface area (Å²) in [6.07, 6.45) is 1.58. The van der Waals surface area contributed by atoms with Crippen LogP contribution < -0.4 is 4.90 Å². The lowest BCUT2D eigenvalue weighted by Gasteiger charge is -2.26. The summed E-state index contributed by atoms with van der Waals surface area (Å²) in [6.45, 7) is 5.18. The second kappa shape index (κ2) is 5.32. The molecular weight excluding hydrogens is 240 g/mol. The van der Waals surface area contributed by atoms with E-state index in [4.69, 9.17) is 4.74 Å². The predicted octanol–water partition coefficient (Wildman–Crippen LogP) is 1.68. The van der Waals surface area contributed by atoms with E-state index in [1.165, 1.54) is 5.56 Å². The van der Waals surface area contributed by atoms with Gasteiger partial charge in [0.2, 0.25) is 5.95 Å². The van der Waals surface area contributed by atoms with Crippen LogP contribution in [0.5, 0.6) is 0 Å². The molecule has 2 aromatic rings. The van der Waals surface area contributed by atoms with Crippen molar-refractivity contribution in [1.29, 1.82) is 0 Å². The quantitative estimate of drug-likeness (QED) is 0.818. The van der Waals surface area contributed by atoms with Gasteiger partial charge in [0.05, 0.1) is 13.2 Å². The molecule has 98 valence electrons. The topological polar surface area (TPSA) is 51.1 Å². The van der Waals surface area contributed by atoms with Gasteiger partial charge in [0.1, 0.15) is 6.33 Å². The Hall–Kier alpha value is -2.01. The average Bonchev–Trinajstić information content (AvgIpc) is 2.49. The van der Waals surface area contributed by atoms with Crippen LogP contribution in [0.3, 0.4) is 0 Å². The maximum Gasteiger partial charge on any atom is 0.229 e. The Balaban J connectivity index is 1.88. The Labute approximate surface area is 112 Å². The molecule has 1 saturated heterocycles. The van der Waals surface area contributed by atoms with Gasteiger partial charge in [-0.1, -0.05) is 29.8 Å². The lowest BCUT2D eigenvalue weighted by Crippen LogP contribution is -2.37. The third-order valence-electron chi connectivity index (χ3n) is 3.16. The number of morpholine rings is 1. The Morgan fingerprint density at radius 3 is 2.53 bits per heavy atom. The first kappa shape index (κ1) is 12.0. The summed E-state index contributed by atoms with van der Waals surface area (Å²) in [6, 6.07) is 8.20. The van der Waals surface area contributed by atoms with Gasteiger partial charge in [-0.25, -0.2) is 9.97 Å². The fourth-order valence-electron chi connectivity index (χ4n) is 2.05. The number of nitrogens with zero attached hydrogens (tertiary/aromatic N) is 4. The first-order valence-corrected chi connectivity index (χ1v) is 6.42. The van der Waals surface area contributed by atoms with Crippen molar-refractivity contribution in [2.45, 2.75) is 6.92 Å². The molecule has 0 unspecified atom stereocenters. The van der Waals surface area contributed by atoms with Crippen LogP contribution in [0.1, 0.15) is 5.56 Å². The first-order valence-electron chi connectivity index (χ1n) is 6.42. The largest absolute Gasteiger partial charge is 0.378 e. The van der Waals surface area contributed by atoms with Gasteiger partial charge >= 0.3 is 0 Å². The van der Waals surface area contributed by atoms with Crippen LogP contribution in [-0.4, -0.2) is 41.3 Å². The van der Waals surface area contributed by atoms with E-state index in [-0.39, 0.29) is 0 Å². The second-order valence-corrected chi connectivity index (χ2v) is 4.57. The minimum Gasteiger partial charge on any atom is -0.378 e. The van der Waals surface area contributed by atoms with Gasteiger partial charge in [0.25, 0.3) is 0 Å². The summed E-state index contributed by atoms with van der Waals surface area (Å²) in [4.78, 5) is 15.2. The molecule has 1 aliphatic heterocycles. The lowest BCUT2D eigenvalue weighted by molar-refractivity contribution is 0.122. The summed E-state index contributed by atoms with van der Waals surface area (Å²) in [5.41, 5.74) is 2.24. The standard InChI is InChI=1S/C14H16N4O/c1-11-2-4-12(5-3-11)13-15-10-16-14(17-13)18-6-8-19-9-7-18/h2-5,10H,6-9H2,1H3. The fourth-order valence-corrected chi connectivity index (χ4v) is 2.05. The minimum atomic E-state index is 0.719. The zero-order valence-corrected chi connectivity index (χ0v) is 10.9. The van der Waals surface area contributed by atoms with Crippen molar-refractivity contribution in [1.82, 2.24) is 15.0 Å². The Morgan fingerprint density at radius 2 is 1.79 bits per heavy atom. The zero-order chi connectivity index (χ0) is 13.1. The number of aryl methyl sites for hydroxylation is 1. The van der Waals surface area contributed by atoms with E-state index in [1.54, 1.807) is 6.33 Å². The first-order chi connectivity index (χ1) is 9.33. The van der Waals surface area contributed by atoms with Crippen LogP contribution >= 0.6 is 0 Å². The second-order valence-electron chi connectivity index (χ2n) is 4.57. The van der Waals surface area contributed by atoms with Gasteiger partial charge in [0, 0.05) is 18.7 Å². The van der Waals surface area contributed by atoms with Crippen molar-refractivity contribution in [3.8, 4) is 11.4 Å². The third kappa shape index (κ3) is 2.71. The maximum absolute atomic E-state index is 5.34. The molecule has 2 heterocycles. The monoisotopic (exact) mass is 256 g/mol. The Bertz CT molecular complexity index is 550. The molecule has 1 fully saturated rings. The number of aromatic nitrogens is 3. The van der Waals surface area contributed by atoms with Gasteiger partial charge < -0.3 is 9.64 Å². The van der Waals surface area contributed by atoms with Gasteiger partial charge in [-0.15, -0.1) is 0 Å². The normalized spacial score (nSPS) is 15.5. The van der Waals surface area contributed by atoms with E-state index in [1.807, 2.05) is 12.1 Å². The number of ether oxygens (including phenoxy) is 1. The number of benzene rings is 1. The molecule has 1 aliphatic rings. The molecule has 0 amide bonds. The highest BCUT2D eigenvalue weighted by Crippen LogP contribution is 2.17. The molecule has 0 atom stereocenters. The van der Waals surface area contributed by atoms with Crippen LogP contribution in [-0.2, 0) is 4.74 Å². The number of hydrogen-bond donors (Lipinski definition) is 0. The van der Waals surface area contributed by atoms with Crippen molar-refractivity contribution < 1.29 is 4.74 Å². The molecule has 5 nitrogen and oxygen atoms in total. The molecule has 0 spiro atoms. The summed E-state index contributed by atoms with van der Waals surface area (Å²) in [5, 5.41) is 0. The number of anilines is 1. The van der Waals surface area contributed by atoms with E-state index in [2.05, 4.69) is 38.9 Å². The Morgan fingerprint density at radius 1 is 1.05 bits per heavy atom. The molecule has 5 heteroatoms. The number of hydrogen-bond acceptors (Lipinski definition) is 5. The summed E-state index contributed by atoms with van der Waals surface area (Å²) < 4.78 is 5.34. The lowest BCUT2D eigenvalue weighted by atomic mass is 10.1. The van der Waals surface area contributed by atoms with Gasteiger partial charge in [-0.05, 0) is 6.92 Å². The maximum atomic E-state index is 5.34. The highest BCUT2D eigenvalue weighted by Gasteiger charge is 2.14. The van der Waals surface area contributed by atoms with Gasteiger partial charge in [-0.3, -0.25) is 0 Å². The summed E-state index contributed by atoms with van der Waals surface area (Å²) in [7, 11) is 0.